The molecular weight excluding hydrogens is 393 g/mol. The van der Waals surface area contributed by atoms with Gasteiger partial charge in [0.2, 0.25) is 10.0 Å². The van der Waals surface area contributed by atoms with Crippen molar-refractivity contribution >= 4 is 40.0 Å². The maximum Gasteiger partial charge on any atom is 0.211 e. The molecule has 2 fully saturated rings. The molecule has 0 aromatic heterocycles. The summed E-state index contributed by atoms with van der Waals surface area (Å²) in [5.74, 6) is 0.525. The second-order valence-electron chi connectivity index (χ2n) is 5.19. The van der Waals surface area contributed by atoms with Crippen molar-refractivity contribution in [1.29, 1.82) is 0 Å². The molecule has 0 spiro atoms. The molecule has 0 aromatic rings. The average molecular weight is 417 g/mol. The first-order valence-corrected chi connectivity index (χ1v) is 8.54. The Hall–Kier alpha value is -0.130. The smallest absolute Gasteiger partial charge is 0.211 e. The second kappa shape index (κ2) is 7.76. The summed E-state index contributed by atoms with van der Waals surface area (Å²) < 4.78 is 24.3. The summed E-state index contributed by atoms with van der Waals surface area (Å²) in [6, 6.07) is 0.530. The number of nitrogens with one attached hydrogen (secondary N) is 1. The number of hydrogen-bond donors (Lipinski definition) is 2. The number of aliphatic imine (C=N–C) groups is 1. The Kier molecular flexibility index (Phi) is 6.95. The normalized spacial score (nSPS) is 22.4. The van der Waals surface area contributed by atoms with Crippen molar-refractivity contribution in [2.75, 3.05) is 45.5 Å². The molecule has 2 rings (SSSR count). The minimum absolute atomic E-state index is 0. The molecule has 20 heavy (non-hydrogen) atoms. The van der Waals surface area contributed by atoms with Gasteiger partial charge in [0.15, 0.2) is 5.96 Å². The van der Waals surface area contributed by atoms with Gasteiger partial charge in [-0.2, -0.15) is 4.31 Å². The number of piperazine rings is 1. The molecular formula is C11H24IN5O2S. The van der Waals surface area contributed by atoms with Crippen LogP contribution in [0, 0.1) is 0 Å². The highest BCUT2D eigenvalue weighted by Crippen LogP contribution is 2.17. The Morgan fingerprint density at radius 2 is 1.90 bits per heavy atom. The summed E-state index contributed by atoms with van der Waals surface area (Å²) in [4.78, 5) is 6.49. The molecule has 2 aliphatic rings. The van der Waals surface area contributed by atoms with Crippen molar-refractivity contribution in [1.82, 2.24) is 14.5 Å². The first-order valence-electron chi connectivity index (χ1n) is 6.69. The molecule has 9 heteroatoms. The highest BCUT2D eigenvalue weighted by atomic mass is 127. The van der Waals surface area contributed by atoms with Gasteiger partial charge in [0.05, 0.1) is 12.8 Å². The van der Waals surface area contributed by atoms with Gasteiger partial charge in [0, 0.05) is 38.8 Å². The first-order chi connectivity index (χ1) is 8.95. The van der Waals surface area contributed by atoms with Crippen LogP contribution in [0.2, 0.25) is 0 Å². The van der Waals surface area contributed by atoms with Gasteiger partial charge >= 0.3 is 0 Å². The van der Waals surface area contributed by atoms with Crippen LogP contribution in [0.4, 0.5) is 0 Å². The predicted molar refractivity (Wildman–Crippen MR) is 90.9 cm³/mol. The highest BCUT2D eigenvalue weighted by molar-refractivity contribution is 14.0. The highest BCUT2D eigenvalue weighted by Gasteiger charge is 2.23. The SMILES string of the molecule is CS(=O)(=O)N1CCN(CCN=C(N)NC2CC2)CC1.I. The third-order valence-electron chi connectivity index (χ3n) is 3.43. The quantitative estimate of drug-likeness (QED) is 0.349. The molecule has 0 radical (unpaired) electrons. The van der Waals surface area contributed by atoms with Gasteiger partial charge in [0.25, 0.3) is 0 Å². The number of nitrogens with two attached hydrogens (primary N) is 1. The fraction of sp³-hybridized carbons (Fsp3) is 0.909. The van der Waals surface area contributed by atoms with E-state index in [9.17, 15) is 8.42 Å². The van der Waals surface area contributed by atoms with Gasteiger partial charge in [-0.05, 0) is 12.8 Å². The molecule has 1 saturated carbocycles. The average Bonchev–Trinajstić information content (AvgIpc) is 3.12. The number of hydrogen-bond acceptors (Lipinski definition) is 4. The minimum atomic E-state index is -3.04. The van der Waals surface area contributed by atoms with E-state index < -0.39 is 10.0 Å². The van der Waals surface area contributed by atoms with Crippen molar-refractivity contribution in [3.8, 4) is 0 Å². The fourth-order valence-electron chi connectivity index (χ4n) is 2.08. The lowest BCUT2D eigenvalue weighted by Gasteiger charge is -2.32. The molecule has 118 valence electrons. The zero-order valence-electron chi connectivity index (χ0n) is 11.8. The van der Waals surface area contributed by atoms with Crippen molar-refractivity contribution in [3.63, 3.8) is 0 Å². The molecule has 0 aromatic carbocycles. The van der Waals surface area contributed by atoms with Crippen LogP contribution >= 0.6 is 24.0 Å². The van der Waals surface area contributed by atoms with Crippen LogP contribution in [0.1, 0.15) is 12.8 Å². The maximum absolute atomic E-state index is 11.4. The number of halogens is 1. The molecule has 1 aliphatic carbocycles. The van der Waals surface area contributed by atoms with Gasteiger partial charge in [-0.1, -0.05) is 0 Å². The molecule has 0 atom stereocenters. The Labute approximate surface area is 138 Å². The summed E-state index contributed by atoms with van der Waals surface area (Å²) in [6.07, 6.45) is 3.63. The van der Waals surface area contributed by atoms with Gasteiger partial charge < -0.3 is 11.1 Å². The van der Waals surface area contributed by atoms with Gasteiger partial charge in [-0.25, -0.2) is 8.42 Å². The third kappa shape index (κ3) is 6.10. The third-order valence-corrected chi connectivity index (χ3v) is 4.73. The number of guanidine groups is 1. The minimum Gasteiger partial charge on any atom is -0.370 e. The van der Waals surface area contributed by atoms with Gasteiger partial charge in [0.1, 0.15) is 0 Å². The van der Waals surface area contributed by atoms with Crippen molar-refractivity contribution in [2.45, 2.75) is 18.9 Å². The fourth-order valence-corrected chi connectivity index (χ4v) is 2.91. The molecule has 0 unspecified atom stereocenters. The predicted octanol–water partition coefficient (Wildman–Crippen LogP) is -0.752. The zero-order chi connectivity index (χ0) is 13.9. The van der Waals surface area contributed by atoms with Crippen LogP contribution in [0.15, 0.2) is 4.99 Å². The molecule has 3 N–H and O–H groups in total. The molecule has 1 saturated heterocycles. The van der Waals surface area contributed by atoms with E-state index >= 15 is 0 Å². The standard InChI is InChI=1S/C11H23N5O2S.HI/c1-19(17,18)16-8-6-15(7-9-16)5-4-13-11(12)14-10-2-3-10;/h10H,2-9H2,1H3,(H3,12,13,14);1H. The monoisotopic (exact) mass is 417 g/mol. The van der Waals surface area contributed by atoms with Gasteiger partial charge in [-0.3, -0.25) is 9.89 Å². The zero-order valence-corrected chi connectivity index (χ0v) is 14.9. The van der Waals surface area contributed by atoms with E-state index in [2.05, 4.69) is 15.2 Å². The number of nitrogens with zero attached hydrogens (tertiary/aromatic N) is 3. The summed E-state index contributed by atoms with van der Waals surface area (Å²) in [5, 5.41) is 3.14. The van der Waals surface area contributed by atoms with E-state index in [1.54, 1.807) is 0 Å². The Balaban J connectivity index is 0.00000200. The summed E-state index contributed by atoms with van der Waals surface area (Å²) in [6.45, 7) is 4.14. The van der Waals surface area contributed by atoms with E-state index in [1.807, 2.05) is 0 Å². The van der Waals surface area contributed by atoms with E-state index in [0.717, 1.165) is 19.6 Å². The van der Waals surface area contributed by atoms with Crippen LogP contribution in [0.25, 0.3) is 0 Å². The van der Waals surface area contributed by atoms with Crippen LogP contribution in [0.5, 0.6) is 0 Å². The molecule has 7 nitrogen and oxygen atoms in total. The second-order valence-corrected chi connectivity index (χ2v) is 7.17. The lowest BCUT2D eigenvalue weighted by Crippen LogP contribution is -2.48. The largest absolute Gasteiger partial charge is 0.370 e. The van der Waals surface area contributed by atoms with Crippen molar-refractivity contribution in [3.05, 3.63) is 0 Å². The summed E-state index contributed by atoms with van der Waals surface area (Å²) >= 11 is 0. The number of sulfonamides is 1. The number of rotatable bonds is 5. The van der Waals surface area contributed by atoms with Crippen LogP contribution < -0.4 is 11.1 Å². The van der Waals surface area contributed by atoms with Crippen LogP contribution in [-0.4, -0.2) is 75.1 Å². The lowest BCUT2D eigenvalue weighted by molar-refractivity contribution is 0.193. The van der Waals surface area contributed by atoms with Crippen LogP contribution in [-0.2, 0) is 10.0 Å². The maximum atomic E-state index is 11.4. The van der Waals surface area contributed by atoms with E-state index in [0.29, 0.717) is 31.6 Å². The topological polar surface area (TPSA) is 91.0 Å². The Morgan fingerprint density at radius 1 is 1.30 bits per heavy atom. The lowest BCUT2D eigenvalue weighted by atomic mass is 10.3. The van der Waals surface area contributed by atoms with E-state index in [4.69, 9.17) is 5.73 Å². The summed E-state index contributed by atoms with van der Waals surface area (Å²) in [7, 11) is -3.04. The van der Waals surface area contributed by atoms with Gasteiger partial charge in [-0.15, -0.1) is 24.0 Å². The van der Waals surface area contributed by atoms with Crippen molar-refractivity contribution < 1.29 is 8.42 Å². The van der Waals surface area contributed by atoms with Crippen LogP contribution in [0.3, 0.4) is 0 Å². The Morgan fingerprint density at radius 3 is 2.40 bits per heavy atom. The molecule has 0 amide bonds. The molecule has 1 heterocycles. The van der Waals surface area contributed by atoms with E-state index in [1.165, 1.54) is 23.4 Å². The first kappa shape index (κ1) is 17.9. The van der Waals surface area contributed by atoms with Crippen molar-refractivity contribution in [2.24, 2.45) is 10.7 Å². The van der Waals surface area contributed by atoms with E-state index in [-0.39, 0.29) is 24.0 Å². The molecule has 0 bridgehead atoms. The molecule has 1 aliphatic heterocycles. The summed E-state index contributed by atoms with van der Waals surface area (Å²) in [5.41, 5.74) is 5.74. The Bertz CT molecular complexity index is 430.